The van der Waals surface area contributed by atoms with Crippen molar-refractivity contribution in [1.29, 1.82) is 0 Å². The van der Waals surface area contributed by atoms with Crippen LogP contribution in [0.3, 0.4) is 0 Å². The molecule has 64 valence electrons. The minimum absolute atomic E-state index is 0.361. The fourth-order valence-corrected chi connectivity index (χ4v) is 1.70. The molecule has 11 heavy (non-hydrogen) atoms. The third kappa shape index (κ3) is 2.49. The lowest BCUT2D eigenvalue weighted by molar-refractivity contribution is 0.364. The molecule has 1 saturated heterocycles. The fourth-order valence-electron chi connectivity index (χ4n) is 1.43. The van der Waals surface area contributed by atoms with Gasteiger partial charge in [-0.05, 0) is 12.8 Å². The van der Waals surface area contributed by atoms with E-state index < -0.39 is 0 Å². The molecular formula is C9H16ClN. The van der Waals surface area contributed by atoms with Crippen LogP contribution >= 0.6 is 11.6 Å². The van der Waals surface area contributed by atoms with Crippen LogP contribution in [0.15, 0.2) is 12.2 Å². The molecule has 2 heteroatoms. The highest BCUT2D eigenvalue weighted by Gasteiger charge is 2.26. The second kappa shape index (κ2) is 4.13. The van der Waals surface area contributed by atoms with E-state index in [2.05, 4.69) is 30.9 Å². The Hall–Kier alpha value is -0.0100. The van der Waals surface area contributed by atoms with Gasteiger partial charge in [0.25, 0.3) is 0 Å². The zero-order valence-electron chi connectivity index (χ0n) is 7.26. The topological polar surface area (TPSA) is 3.24 Å². The van der Waals surface area contributed by atoms with Gasteiger partial charge in [0.1, 0.15) is 0 Å². The number of rotatable bonds is 2. The van der Waals surface area contributed by atoms with Gasteiger partial charge in [-0.15, -0.1) is 11.6 Å². The molecule has 1 aliphatic rings. The van der Waals surface area contributed by atoms with Gasteiger partial charge in [-0.2, -0.15) is 0 Å². The van der Waals surface area contributed by atoms with Gasteiger partial charge in [-0.25, -0.2) is 0 Å². The normalized spacial score (nSPS) is 33.7. The predicted molar refractivity (Wildman–Crippen MR) is 50.1 cm³/mol. The van der Waals surface area contributed by atoms with Gasteiger partial charge in [0.05, 0.1) is 5.38 Å². The minimum atomic E-state index is 0.361. The highest BCUT2D eigenvalue weighted by molar-refractivity contribution is 6.21. The van der Waals surface area contributed by atoms with E-state index in [1.807, 2.05) is 0 Å². The van der Waals surface area contributed by atoms with Gasteiger partial charge >= 0.3 is 0 Å². The van der Waals surface area contributed by atoms with Crippen LogP contribution in [0.25, 0.3) is 0 Å². The van der Waals surface area contributed by atoms with E-state index in [-0.39, 0.29) is 0 Å². The van der Waals surface area contributed by atoms with E-state index in [1.54, 1.807) is 0 Å². The summed E-state index contributed by atoms with van der Waals surface area (Å²) in [6.07, 6.45) is 4.27. The fraction of sp³-hybridized carbons (Fsp3) is 0.778. The highest BCUT2D eigenvalue weighted by atomic mass is 35.5. The second-order valence-corrected chi connectivity index (χ2v) is 3.84. The molecule has 0 saturated carbocycles. The van der Waals surface area contributed by atoms with Crippen LogP contribution in [-0.4, -0.2) is 29.9 Å². The van der Waals surface area contributed by atoms with Gasteiger partial charge < -0.3 is 0 Å². The number of hydrogen-bond donors (Lipinski definition) is 0. The Labute approximate surface area is 74.0 Å². The third-order valence-electron chi connectivity index (χ3n) is 2.20. The first-order valence-corrected chi connectivity index (χ1v) is 4.65. The van der Waals surface area contributed by atoms with Gasteiger partial charge in [0.15, 0.2) is 0 Å². The predicted octanol–water partition coefficient (Wildman–Crippen LogP) is 2.12. The molecular weight excluding hydrogens is 158 g/mol. The summed E-state index contributed by atoms with van der Waals surface area (Å²) in [5.74, 6) is 0.655. The van der Waals surface area contributed by atoms with E-state index in [9.17, 15) is 0 Å². The quantitative estimate of drug-likeness (QED) is 0.457. The Balaban J connectivity index is 2.29. The average molecular weight is 174 g/mol. The molecule has 2 unspecified atom stereocenters. The SMILES string of the molecule is C/C=C/CN1CC(C)C(Cl)C1. The summed E-state index contributed by atoms with van der Waals surface area (Å²) in [6, 6.07) is 0. The molecule has 0 aromatic carbocycles. The summed E-state index contributed by atoms with van der Waals surface area (Å²) < 4.78 is 0. The van der Waals surface area contributed by atoms with Crippen LogP contribution in [0.5, 0.6) is 0 Å². The van der Waals surface area contributed by atoms with Crippen molar-refractivity contribution >= 4 is 11.6 Å². The van der Waals surface area contributed by atoms with Crippen molar-refractivity contribution in [2.45, 2.75) is 19.2 Å². The van der Waals surface area contributed by atoms with Gasteiger partial charge in [-0.1, -0.05) is 19.1 Å². The molecule has 1 aliphatic heterocycles. The lowest BCUT2D eigenvalue weighted by Gasteiger charge is -2.10. The Morgan fingerprint density at radius 2 is 2.27 bits per heavy atom. The molecule has 0 N–H and O–H groups in total. The van der Waals surface area contributed by atoms with E-state index in [0.29, 0.717) is 11.3 Å². The lowest BCUT2D eigenvalue weighted by Crippen LogP contribution is -2.20. The lowest BCUT2D eigenvalue weighted by atomic mass is 10.2. The van der Waals surface area contributed by atoms with E-state index >= 15 is 0 Å². The molecule has 1 rings (SSSR count). The first-order chi connectivity index (χ1) is 5.24. The monoisotopic (exact) mass is 173 g/mol. The third-order valence-corrected chi connectivity index (χ3v) is 2.76. The molecule has 1 fully saturated rings. The van der Waals surface area contributed by atoms with Crippen LogP contribution in [0.1, 0.15) is 13.8 Å². The number of likely N-dealkylation sites (tertiary alicyclic amines) is 1. The highest BCUT2D eigenvalue weighted by Crippen LogP contribution is 2.20. The van der Waals surface area contributed by atoms with Crippen LogP contribution in [0.4, 0.5) is 0 Å². The number of allylic oxidation sites excluding steroid dienone is 1. The van der Waals surface area contributed by atoms with E-state index in [0.717, 1.165) is 19.6 Å². The van der Waals surface area contributed by atoms with Crippen molar-refractivity contribution in [3.63, 3.8) is 0 Å². The summed E-state index contributed by atoms with van der Waals surface area (Å²) in [7, 11) is 0. The van der Waals surface area contributed by atoms with Crippen molar-refractivity contribution in [2.24, 2.45) is 5.92 Å². The smallest absolute Gasteiger partial charge is 0.0501 e. The maximum absolute atomic E-state index is 6.07. The van der Waals surface area contributed by atoms with Crippen LogP contribution in [-0.2, 0) is 0 Å². The standard InChI is InChI=1S/C9H16ClN/c1-3-4-5-11-6-8(2)9(10)7-11/h3-4,8-9H,5-7H2,1-2H3/b4-3+. The first kappa shape index (κ1) is 9.08. The maximum atomic E-state index is 6.07. The second-order valence-electron chi connectivity index (χ2n) is 3.28. The Morgan fingerprint density at radius 1 is 1.55 bits per heavy atom. The zero-order chi connectivity index (χ0) is 8.27. The van der Waals surface area contributed by atoms with E-state index in [4.69, 9.17) is 11.6 Å². The summed E-state index contributed by atoms with van der Waals surface area (Å²) >= 11 is 6.07. The summed E-state index contributed by atoms with van der Waals surface area (Å²) in [5, 5.41) is 0.361. The molecule has 0 aromatic rings. The number of hydrogen-bond acceptors (Lipinski definition) is 1. The van der Waals surface area contributed by atoms with Gasteiger partial charge in [-0.3, -0.25) is 4.90 Å². The van der Waals surface area contributed by atoms with Crippen molar-refractivity contribution in [2.75, 3.05) is 19.6 Å². The van der Waals surface area contributed by atoms with Crippen LogP contribution in [0.2, 0.25) is 0 Å². The van der Waals surface area contributed by atoms with Crippen LogP contribution < -0.4 is 0 Å². The summed E-state index contributed by atoms with van der Waals surface area (Å²) in [4.78, 5) is 2.39. The molecule has 1 nitrogen and oxygen atoms in total. The van der Waals surface area contributed by atoms with Gasteiger partial charge in [0.2, 0.25) is 0 Å². The van der Waals surface area contributed by atoms with Crippen molar-refractivity contribution in [3.05, 3.63) is 12.2 Å². The van der Waals surface area contributed by atoms with Crippen molar-refractivity contribution < 1.29 is 0 Å². The van der Waals surface area contributed by atoms with Crippen molar-refractivity contribution in [3.8, 4) is 0 Å². The molecule has 0 bridgehead atoms. The average Bonchev–Trinajstić information content (AvgIpc) is 2.28. The molecule has 0 spiro atoms. The van der Waals surface area contributed by atoms with E-state index in [1.165, 1.54) is 0 Å². The Bertz CT molecular complexity index is 134. The molecule has 0 radical (unpaired) electrons. The molecule has 0 amide bonds. The Morgan fingerprint density at radius 3 is 2.73 bits per heavy atom. The largest absolute Gasteiger partial charge is 0.298 e. The zero-order valence-corrected chi connectivity index (χ0v) is 8.01. The molecule has 0 aromatic heterocycles. The molecule has 2 atom stereocenters. The minimum Gasteiger partial charge on any atom is -0.298 e. The van der Waals surface area contributed by atoms with Gasteiger partial charge in [0, 0.05) is 19.6 Å². The molecule has 1 heterocycles. The number of nitrogens with zero attached hydrogens (tertiary/aromatic N) is 1. The van der Waals surface area contributed by atoms with Crippen molar-refractivity contribution in [1.82, 2.24) is 4.90 Å². The van der Waals surface area contributed by atoms with Crippen LogP contribution in [0, 0.1) is 5.92 Å². The Kier molecular flexibility index (Phi) is 3.41. The number of halogens is 1. The maximum Gasteiger partial charge on any atom is 0.0501 e. The first-order valence-electron chi connectivity index (χ1n) is 4.21. The summed E-state index contributed by atoms with van der Waals surface area (Å²) in [6.45, 7) is 7.53. The summed E-state index contributed by atoms with van der Waals surface area (Å²) in [5.41, 5.74) is 0. The molecule has 0 aliphatic carbocycles. The number of alkyl halides is 1.